The summed E-state index contributed by atoms with van der Waals surface area (Å²) < 4.78 is 0. The lowest BCUT2D eigenvalue weighted by molar-refractivity contribution is 0.101. The van der Waals surface area contributed by atoms with Gasteiger partial charge in [0, 0.05) is 37.4 Å². The number of nitrogens with zero attached hydrogens (tertiary/aromatic N) is 2. The minimum absolute atomic E-state index is 0.132. The fourth-order valence-electron chi connectivity index (χ4n) is 2.23. The highest BCUT2D eigenvalue weighted by molar-refractivity contribution is 5.94. The maximum Gasteiger partial charge on any atom is 0.159 e. The molecular formula is C14H20N2O. The molecule has 1 heterocycles. The highest BCUT2D eigenvalue weighted by Gasteiger charge is 2.15. The fraction of sp³-hybridized carbons (Fsp3) is 0.500. The first kappa shape index (κ1) is 12.1. The Morgan fingerprint density at radius 1 is 1.12 bits per heavy atom. The predicted molar refractivity (Wildman–Crippen MR) is 70.8 cm³/mol. The Kier molecular flexibility index (Phi) is 3.79. The number of piperazine rings is 1. The van der Waals surface area contributed by atoms with E-state index in [1.807, 2.05) is 12.1 Å². The topological polar surface area (TPSA) is 23.6 Å². The van der Waals surface area contributed by atoms with Crippen LogP contribution in [-0.2, 0) is 0 Å². The molecule has 1 fully saturated rings. The molecule has 0 aliphatic carbocycles. The van der Waals surface area contributed by atoms with Crippen molar-refractivity contribution in [2.45, 2.75) is 13.8 Å². The molecule has 0 atom stereocenters. The largest absolute Gasteiger partial charge is 0.369 e. The normalized spacial score (nSPS) is 17.2. The van der Waals surface area contributed by atoms with Gasteiger partial charge in [0.25, 0.3) is 0 Å². The third-order valence-corrected chi connectivity index (χ3v) is 3.46. The Morgan fingerprint density at radius 2 is 1.71 bits per heavy atom. The van der Waals surface area contributed by atoms with Crippen LogP contribution >= 0.6 is 0 Å². The molecule has 3 heteroatoms. The summed E-state index contributed by atoms with van der Waals surface area (Å²) >= 11 is 0. The molecule has 0 radical (unpaired) electrons. The third-order valence-electron chi connectivity index (χ3n) is 3.46. The number of ketones is 1. The molecule has 0 bridgehead atoms. The zero-order valence-corrected chi connectivity index (χ0v) is 10.6. The number of anilines is 1. The first-order valence-electron chi connectivity index (χ1n) is 6.29. The molecule has 0 N–H and O–H groups in total. The van der Waals surface area contributed by atoms with E-state index in [4.69, 9.17) is 0 Å². The molecule has 1 aromatic carbocycles. The number of rotatable bonds is 3. The smallest absolute Gasteiger partial charge is 0.159 e. The summed E-state index contributed by atoms with van der Waals surface area (Å²) in [5, 5.41) is 0. The van der Waals surface area contributed by atoms with E-state index in [0.717, 1.165) is 38.3 Å². The Morgan fingerprint density at radius 3 is 2.18 bits per heavy atom. The molecule has 0 amide bonds. The molecule has 17 heavy (non-hydrogen) atoms. The summed E-state index contributed by atoms with van der Waals surface area (Å²) in [6, 6.07) is 7.95. The van der Waals surface area contributed by atoms with Crippen molar-refractivity contribution in [3.63, 3.8) is 0 Å². The molecule has 1 saturated heterocycles. The summed E-state index contributed by atoms with van der Waals surface area (Å²) in [6.07, 6.45) is 0. The monoisotopic (exact) mass is 232 g/mol. The number of benzene rings is 1. The van der Waals surface area contributed by atoms with E-state index in [2.05, 4.69) is 28.9 Å². The van der Waals surface area contributed by atoms with Crippen LogP contribution in [0.4, 0.5) is 5.69 Å². The average Bonchev–Trinajstić information content (AvgIpc) is 2.39. The van der Waals surface area contributed by atoms with Gasteiger partial charge in [-0.15, -0.1) is 0 Å². The average molecular weight is 232 g/mol. The van der Waals surface area contributed by atoms with E-state index in [9.17, 15) is 4.79 Å². The van der Waals surface area contributed by atoms with Gasteiger partial charge in [0.15, 0.2) is 5.78 Å². The van der Waals surface area contributed by atoms with Gasteiger partial charge in [0.2, 0.25) is 0 Å². The van der Waals surface area contributed by atoms with E-state index in [0.29, 0.717) is 0 Å². The lowest BCUT2D eigenvalue weighted by Crippen LogP contribution is -2.46. The van der Waals surface area contributed by atoms with Crippen LogP contribution in [0.15, 0.2) is 24.3 Å². The quantitative estimate of drug-likeness (QED) is 0.745. The van der Waals surface area contributed by atoms with Crippen LogP contribution in [0.2, 0.25) is 0 Å². The number of Topliss-reactive ketones (excluding diaryl/α,β-unsaturated/α-hetero) is 1. The Hall–Kier alpha value is -1.35. The Labute approximate surface area is 103 Å². The summed E-state index contributed by atoms with van der Waals surface area (Å²) in [7, 11) is 0. The van der Waals surface area contributed by atoms with Gasteiger partial charge in [-0.3, -0.25) is 4.79 Å². The van der Waals surface area contributed by atoms with Crippen molar-refractivity contribution in [1.82, 2.24) is 4.90 Å². The molecule has 0 spiro atoms. The van der Waals surface area contributed by atoms with Crippen molar-refractivity contribution in [3.8, 4) is 0 Å². The van der Waals surface area contributed by atoms with Crippen molar-refractivity contribution in [1.29, 1.82) is 0 Å². The molecule has 1 aliphatic rings. The second kappa shape index (κ2) is 5.32. The van der Waals surface area contributed by atoms with Crippen LogP contribution in [0.25, 0.3) is 0 Å². The molecule has 1 aliphatic heterocycles. The molecule has 2 rings (SSSR count). The maximum atomic E-state index is 11.2. The SMILES string of the molecule is CCN1CCN(c2ccc(C(C)=O)cc2)CC1. The summed E-state index contributed by atoms with van der Waals surface area (Å²) in [5.74, 6) is 0.132. The van der Waals surface area contributed by atoms with Crippen molar-refractivity contribution in [3.05, 3.63) is 29.8 Å². The third kappa shape index (κ3) is 2.86. The highest BCUT2D eigenvalue weighted by atomic mass is 16.1. The van der Waals surface area contributed by atoms with Gasteiger partial charge in [0.1, 0.15) is 0 Å². The minimum Gasteiger partial charge on any atom is -0.369 e. The molecule has 1 aromatic rings. The maximum absolute atomic E-state index is 11.2. The van der Waals surface area contributed by atoms with Gasteiger partial charge < -0.3 is 9.80 Å². The van der Waals surface area contributed by atoms with Gasteiger partial charge in [0.05, 0.1) is 0 Å². The van der Waals surface area contributed by atoms with E-state index < -0.39 is 0 Å². The lowest BCUT2D eigenvalue weighted by atomic mass is 10.1. The standard InChI is InChI=1S/C14H20N2O/c1-3-15-8-10-16(11-9-15)14-6-4-13(5-7-14)12(2)17/h4-7H,3,8-11H2,1-2H3. The Balaban J connectivity index is 2.01. The van der Waals surface area contributed by atoms with Crippen LogP contribution in [0.5, 0.6) is 0 Å². The number of carbonyl (C=O) groups is 1. The molecular weight excluding hydrogens is 212 g/mol. The first-order chi connectivity index (χ1) is 8.20. The molecule has 0 unspecified atom stereocenters. The van der Waals surface area contributed by atoms with Gasteiger partial charge in [-0.2, -0.15) is 0 Å². The van der Waals surface area contributed by atoms with Crippen LogP contribution in [0, 0.1) is 0 Å². The van der Waals surface area contributed by atoms with Gasteiger partial charge in [-0.25, -0.2) is 0 Å². The highest BCUT2D eigenvalue weighted by Crippen LogP contribution is 2.17. The van der Waals surface area contributed by atoms with Crippen molar-refractivity contribution in [2.24, 2.45) is 0 Å². The fourth-order valence-corrected chi connectivity index (χ4v) is 2.23. The number of carbonyl (C=O) groups excluding carboxylic acids is 1. The van der Waals surface area contributed by atoms with E-state index in [-0.39, 0.29) is 5.78 Å². The first-order valence-corrected chi connectivity index (χ1v) is 6.29. The van der Waals surface area contributed by atoms with Crippen LogP contribution in [0.1, 0.15) is 24.2 Å². The Bertz CT molecular complexity index is 378. The van der Waals surface area contributed by atoms with E-state index in [1.165, 1.54) is 5.69 Å². The lowest BCUT2D eigenvalue weighted by Gasteiger charge is -2.35. The second-order valence-electron chi connectivity index (χ2n) is 4.52. The summed E-state index contributed by atoms with van der Waals surface area (Å²) in [5.41, 5.74) is 2.02. The number of hydrogen-bond acceptors (Lipinski definition) is 3. The van der Waals surface area contributed by atoms with Gasteiger partial charge >= 0.3 is 0 Å². The molecule has 0 aromatic heterocycles. The van der Waals surface area contributed by atoms with Crippen LogP contribution < -0.4 is 4.90 Å². The van der Waals surface area contributed by atoms with Crippen molar-refractivity contribution >= 4 is 11.5 Å². The zero-order chi connectivity index (χ0) is 12.3. The number of hydrogen-bond donors (Lipinski definition) is 0. The molecule has 0 saturated carbocycles. The second-order valence-corrected chi connectivity index (χ2v) is 4.52. The van der Waals surface area contributed by atoms with Gasteiger partial charge in [-0.05, 0) is 37.7 Å². The van der Waals surface area contributed by atoms with Crippen molar-refractivity contribution < 1.29 is 4.79 Å². The van der Waals surface area contributed by atoms with E-state index >= 15 is 0 Å². The number of likely N-dealkylation sites (N-methyl/N-ethyl adjacent to an activating group) is 1. The van der Waals surface area contributed by atoms with E-state index in [1.54, 1.807) is 6.92 Å². The van der Waals surface area contributed by atoms with Crippen molar-refractivity contribution in [2.75, 3.05) is 37.6 Å². The predicted octanol–water partition coefficient (Wildman–Crippen LogP) is 2.03. The summed E-state index contributed by atoms with van der Waals surface area (Å²) in [4.78, 5) is 16.0. The van der Waals surface area contributed by atoms with Crippen LogP contribution in [0.3, 0.4) is 0 Å². The zero-order valence-electron chi connectivity index (χ0n) is 10.6. The summed E-state index contributed by atoms with van der Waals surface area (Å²) in [6.45, 7) is 9.36. The minimum atomic E-state index is 0.132. The molecule has 3 nitrogen and oxygen atoms in total. The van der Waals surface area contributed by atoms with Gasteiger partial charge in [-0.1, -0.05) is 6.92 Å². The van der Waals surface area contributed by atoms with Crippen LogP contribution in [-0.4, -0.2) is 43.4 Å². The molecule has 92 valence electrons.